The second kappa shape index (κ2) is 8.96. The lowest BCUT2D eigenvalue weighted by atomic mass is 10.2. The predicted octanol–water partition coefficient (Wildman–Crippen LogP) is 2.83. The average Bonchev–Trinajstić information content (AvgIpc) is 2.53. The first-order valence-electron chi connectivity index (χ1n) is 8.28. The van der Waals surface area contributed by atoms with Crippen LogP contribution in [0.1, 0.15) is 38.7 Å². The van der Waals surface area contributed by atoms with E-state index >= 15 is 0 Å². The zero-order valence-electron chi connectivity index (χ0n) is 14.0. The highest BCUT2D eigenvalue weighted by Gasteiger charge is 2.25. The van der Waals surface area contributed by atoms with Crippen molar-refractivity contribution in [1.29, 1.82) is 0 Å². The van der Waals surface area contributed by atoms with Crippen LogP contribution < -0.4 is 5.32 Å². The van der Waals surface area contributed by atoms with Crippen LogP contribution in [0.5, 0.6) is 0 Å². The average molecular weight is 334 g/mol. The Labute approximate surface area is 143 Å². The van der Waals surface area contributed by atoms with Gasteiger partial charge in [0.2, 0.25) is 11.8 Å². The molecule has 0 aliphatic carbocycles. The molecule has 1 aliphatic rings. The van der Waals surface area contributed by atoms with E-state index in [1.165, 1.54) is 0 Å². The summed E-state index contributed by atoms with van der Waals surface area (Å²) >= 11 is 1.94. The quantitative estimate of drug-likeness (QED) is 0.870. The van der Waals surface area contributed by atoms with Crippen LogP contribution in [-0.4, -0.2) is 40.3 Å². The molecule has 0 saturated carbocycles. The van der Waals surface area contributed by atoms with Crippen molar-refractivity contribution < 1.29 is 9.59 Å². The summed E-state index contributed by atoms with van der Waals surface area (Å²) in [5, 5.41) is 3.89. The zero-order chi connectivity index (χ0) is 16.7. The monoisotopic (exact) mass is 334 g/mol. The lowest BCUT2D eigenvalue weighted by Gasteiger charge is -2.34. The molecule has 2 rings (SSSR count). The summed E-state index contributed by atoms with van der Waals surface area (Å²) in [5.74, 6) is 0.192. The number of thioether (sulfide) groups is 1. The van der Waals surface area contributed by atoms with Gasteiger partial charge in [-0.2, -0.15) is 11.8 Å². The third-order valence-electron chi connectivity index (χ3n) is 3.90. The maximum atomic E-state index is 12.2. The van der Waals surface area contributed by atoms with Crippen molar-refractivity contribution in [3.63, 3.8) is 0 Å². The first-order valence-corrected chi connectivity index (χ1v) is 9.22. The lowest BCUT2D eigenvalue weighted by molar-refractivity contribution is -0.131. The van der Waals surface area contributed by atoms with Crippen molar-refractivity contribution in [1.82, 2.24) is 10.2 Å². The Morgan fingerprint density at radius 2 is 1.78 bits per heavy atom. The molecule has 2 atom stereocenters. The molecule has 0 unspecified atom stereocenters. The number of benzene rings is 1. The van der Waals surface area contributed by atoms with Crippen LogP contribution in [0.4, 0.5) is 0 Å². The van der Waals surface area contributed by atoms with Crippen LogP contribution in [0.15, 0.2) is 30.3 Å². The molecular weight excluding hydrogens is 308 g/mol. The maximum absolute atomic E-state index is 12.2. The van der Waals surface area contributed by atoms with Gasteiger partial charge in [0.25, 0.3) is 0 Å². The normalized spacial score (nSPS) is 21.0. The van der Waals surface area contributed by atoms with E-state index in [0.29, 0.717) is 36.3 Å². The molecule has 0 aromatic heterocycles. The second-order valence-corrected chi connectivity index (χ2v) is 8.05. The van der Waals surface area contributed by atoms with Gasteiger partial charge in [0.15, 0.2) is 0 Å². The Morgan fingerprint density at radius 3 is 2.43 bits per heavy atom. The van der Waals surface area contributed by atoms with E-state index in [1.54, 1.807) is 0 Å². The fraction of sp³-hybridized carbons (Fsp3) is 0.556. The van der Waals surface area contributed by atoms with Crippen molar-refractivity contribution in [2.75, 3.05) is 13.1 Å². The largest absolute Gasteiger partial charge is 0.352 e. The molecule has 126 valence electrons. The van der Waals surface area contributed by atoms with Crippen molar-refractivity contribution in [3.8, 4) is 0 Å². The lowest BCUT2D eigenvalue weighted by Crippen LogP contribution is -2.44. The van der Waals surface area contributed by atoms with E-state index in [2.05, 4.69) is 19.2 Å². The standard InChI is InChI=1S/C18H26N2O2S/c1-14-12-20(13-15(2)23-14)18(22)10-6-9-17(21)19-11-16-7-4-3-5-8-16/h3-5,7-8,14-15H,6,9-13H2,1-2H3,(H,19,21)/t14-,15-/m1/s1. The van der Waals surface area contributed by atoms with Gasteiger partial charge in [-0.1, -0.05) is 44.2 Å². The van der Waals surface area contributed by atoms with E-state index in [1.807, 2.05) is 47.0 Å². The summed E-state index contributed by atoms with van der Waals surface area (Å²) in [6, 6.07) is 9.84. The second-order valence-electron chi connectivity index (χ2n) is 6.17. The van der Waals surface area contributed by atoms with Crippen molar-refractivity contribution in [2.45, 2.75) is 50.2 Å². The molecule has 0 bridgehead atoms. The van der Waals surface area contributed by atoms with Crippen molar-refractivity contribution >= 4 is 23.6 Å². The number of carbonyl (C=O) groups excluding carboxylic acids is 2. The Bertz CT molecular complexity index is 511. The third kappa shape index (κ3) is 6.26. The van der Waals surface area contributed by atoms with Crippen LogP contribution in [-0.2, 0) is 16.1 Å². The highest BCUT2D eigenvalue weighted by Crippen LogP contribution is 2.25. The van der Waals surface area contributed by atoms with Crippen LogP contribution in [0.25, 0.3) is 0 Å². The molecule has 0 spiro atoms. The number of nitrogens with one attached hydrogen (secondary N) is 1. The van der Waals surface area contributed by atoms with E-state index in [9.17, 15) is 9.59 Å². The Kier molecular flexibility index (Phi) is 6.96. The molecule has 4 nitrogen and oxygen atoms in total. The number of hydrogen-bond donors (Lipinski definition) is 1. The minimum absolute atomic E-state index is 0.0117. The molecule has 1 aromatic rings. The van der Waals surface area contributed by atoms with Gasteiger partial charge in [0.1, 0.15) is 0 Å². The molecule has 1 heterocycles. The van der Waals surface area contributed by atoms with Crippen molar-refractivity contribution in [3.05, 3.63) is 35.9 Å². The molecule has 1 N–H and O–H groups in total. The van der Waals surface area contributed by atoms with Crippen LogP contribution in [0, 0.1) is 0 Å². The first kappa shape index (κ1) is 17.9. The van der Waals surface area contributed by atoms with Gasteiger partial charge in [0, 0.05) is 43.0 Å². The Morgan fingerprint density at radius 1 is 1.13 bits per heavy atom. The van der Waals surface area contributed by atoms with Gasteiger partial charge in [-0.15, -0.1) is 0 Å². The summed E-state index contributed by atoms with van der Waals surface area (Å²) in [7, 11) is 0. The summed E-state index contributed by atoms with van der Waals surface area (Å²) < 4.78 is 0. The molecule has 23 heavy (non-hydrogen) atoms. The molecule has 1 fully saturated rings. The molecule has 1 aliphatic heterocycles. The highest BCUT2D eigenvalue weighted by molar-refractivity contribution is 8.00. The predicted molar refractivity (Wildman–Crippen MR) is 95.2 cm³/mol. The molecular formula is C18H26N2O2S. The van der Waals surface area contributed by atoms with Crippen LogP contribution in [0.3, 0.4) is 0 Å². The number of hydrogen-bond acceptors (Lipinski definition) is 3. The van der Waals surface area contributed by atoms with Gasteiger partial charge in [-0.05, 0) is 12.0 Å². The first-order chi connectivity index (χ1) is 11.0. The minimum atomic E-state index is 0.0117. The minimum Gasteiger partial charge on any atom is -0.352 e. The zero-order valence-corrected chi connectivity index (χ0v) is 14.8. The summed E-state index contributed by atoms with van der Waals surface area (Å²) in [4.78, 5) is 26.0. The van der Waals surface area contributed by atoms with E-state index in [4.69, 9.17) is 0 Å². The Balaban J connectivity index is 1.64. The number of amides is 2. The highest BCUT2D eigenvalue weighted by atomic mass is 32.2. The molecule has 1 saturated heterocycles. The molecule has 1 aromatic carbocycles. The summed E-state index contributed by atoms with van der Waals surface area (Å²) in [6.07, 6.45) is 1.49. The number of carbonyl (C=O) groups is 2. The van der Waals surface area contributed by atoms with Gasteiger partial charge < -0.3 is 10.2 Å². The van der Waals surface area contributed by atoms with Gasteiger partial charge in [-0.25, -0.2) is 0 Å². The topological polar surface area (TPSA) is 49.4 Å². The van der Waals surface area contributed by atoms with Crippen LogP contribution >= 0.6 is 11.8 Å². The van der Waals surface area contributed by atoms with E-state index in [-0.39, 0.29) is 11.8 Å². The van der Waals surface area contributed by atoms with E-state index < -0.39 is 0 Å². The molecule has 2 amide bonds. The Hall–Kier alpha value is -1.49. The van der Waals surface area contributed by atoms with Crippen LogP contribution in [0.2, 0.25) is 0 Å². The fourth-order valence-corrected chi connectivity index (χ4v) is 4.15. The van der Waals surface area contributed by atoms with Gasteiger partial charge >= 0.3 is 0 Å². The molecule has 5 heteroatoms. The van der Waals surface area contributed by atoms with Gasteiger partial charge in [-0.3, -0.25) is 9.59 Å². The summed E-state index contributed by atoms with van der Waals surface area (Å²) in [5.41, 5.74) is 1.09. The molecule has 0 radical (unpaired) electrons. The smallest absolute Gasteiger partial charge is 0.222 e. The number of nitrogens with zero attached hydrogens (tertiary/aromatic N) is 1. The van der Waals surface area contributed by atoms with E-state index in [0.717, 1.165) is 18.7 Å². The fourth-order valence-electron chi connectivity index (χ4n) is 2.82. The third-order valence-corrected chi connectivity index (χ3v) is 5.13. The van der Waals surface area contributed by atoms with Crippen molar-refractivity contribution in [2.24, 2.45) is 0 Å². The van der Waals surface area contributed by atoms with Gasteiger partial charge in [0.05, 0.1) is 0 Å². The number of rotatable bonds is 6. The SMILES string of the molecule is C[C@@H]1CN(C(=O)CCCC(=O)NCc2ccccc2)C[C@@H](C)S1. The maximum Gasteiger partial charge on any atom is 0.222 e. The summed E-state index contributed by atoms with van der Waals surface area (Å²) in [6.45, 7) is 6.53.